The number of anilines is 2. The van der Waals surface area contributed by atoms with E-state index in [-0.39, 0.29) is 11.8 Å². The van der Waals surface area contributed by atoms with Crippen LogP contribution in [0.25, 0.3) is 0 Å². The third kappa shape index (κ3) is 5.03. The Balaban J connectivity index is 1.71. The smallest absolute Gasteiger partial charge is 0.259 e. The molecule has 0 heterocycles. The van der Waals surface area contributed by atoms with E-state index >= 15 is 0 Å². The van der Waals surface area contributed by atoms with Crippen LogP contribution >= 0.6 is 15.9 Å². The van der Waals surface area contributed by atoms with Gasteiger partial charge < -0.3 is 15.4 Å². The normalized spacial score (nSPS) is 10.3. The highest BCUT2D eigenvalue weighted by molar-refractivity contribution is 9.10. The third-order valence-electron chi connectivity index (χ3n) is 4.37. The van der Waals surface area contributed by atoms with Gasteiger partial charge in [-0.1, -0.05) is 33.6 Å². The highest BCUT2D eigenvalue weighted by Crippen LogP contribution is 2.28. The fourth-order valence-corrected chi connectivity index (χ4v) is 3.57. The lowest BCUT2D eigenvalue weighted by Crippen LogP contribution is -2.14. The molecule has 0 spiro atoms. The van der Waals surface area contributed by atoms with E-state index in [1.54, 1.807) is 43.5 Å². The number of methoxy groups -OCH3 is 1. The second kappa shape index (κ2) is 8.92. The van der Waals surface area contributed by atoms with Crippen molar-refractivity contribution < 1.29 is 14.3 Å². The van der Waals surface area contributed by atoms with E-state index in [4.69, 9.17) is 4.74 Å². The van der Waals surface area contributed by atoms with Crippen LogP contribution in [0.1, 0.15) is 31.8 Å². The summed E-state index contributed by atoms with van der Waals surface area (Å²) in [5, 5.41) is 5.71. The van der Waals surface area contributed by atoms with Gasteiger partial charge in [0.25, 0.3) is 11.8 Å². The van der Waals surface area contributed by atoms with Crippen molar-refractivity contribution in [2.45, 2.75) is 13.8 Å². The Labute approximate surface area is 178 Å². The van der Waals surface area contributed by atoms with E-state index in [0.717, 1.165) is 15.6 Å². The van der Waals surface area contributed by atoms with Crippen molar-refractivity contribution in [2.24, 2.45) is 0 Å². The molecule has 5 nitrogen and oxygen atoms in total. The van der Waals surface area contributed by atoms with Crippen molar-refractivity contribution in [3.05, 3.63) is 87.4 Å². The van der Waals surface area contributed by atoms with E-state index in [9.17, 15) is 9.59 Å². The van der Waals surface area contributed by atoms with Gasteiger partial charge in [0.2, 0.25) is 0 Å². The minimum Gasteiger partial charge on any atom is -0.496 e. The zero-order valence-corrected chi connectivity index (χ0v) is 18.0. The van der Waals surface area contributed by atoms with Gasteiger partial charge in [0.15, 0.2) is 0 Å². The fraction of sp³-hybridized carbons (Fsp3) is 0.130. The molecule has 0 aliphatic rings. The minimum atomic E-state index is -0.275. The number of carbonyl (C=O) groups is 2. The Morgan fingerprint density at radius 1 is 0.862 bits per heavy atom. The molecule has 0 aromatic heterocycles. The maximum atomic E-state index is 12.7. The topological polar surface area (TPSA) is 67.4 Å². The summed E-state index contributed by atoms with van der Waals surface area (Å²) < 4.78 is 6.18. The molecule has 0 unspecified atom stereocenters. The van der Waals surface area contributed by atoms with Gasteiger partial charge in [-0.2, -0.15) is 0 Å². The Kier molecular flexibility index (Phi) is 6.34. The number of hydrogen-bond donors (Lipinski definition) is 2. The molecule has 6 heteroatoms. The molecule has 3 rings (SSSR count). The zero-order chi connectivity index (χ0) is 21.0. The molecule has 0 aliphatic carbocycles. The lowest BCUT2D eigenvalue weighted by molar-refractivity contribution is 0.101. The van der Waals surface area contributed by atoms with Crippen LogP contribution in [0.5, 0.6) is 5.75 Å². The molecule has 2 amide bonds. The number of carbonyl (C=O) groups excluding carboxylic acids is 2. The molecule has 0 aliphatic heterocycles. The van der Waals surface area contributed by atoms with Gasteiger partial charge >= 0.3 is 0 Å². The molecule has 29 heavy (non-hydrogen) atoms. The molecule has 0 saturated heterocycles. The van der Waals surface area contributed by atoms with Gasteiger partial charge in [-0.05, 0) is 67.9 Å². The number of aryl methyl sites for hydroxylation is 2. The van der Waals surface area contributed by atoms with Crippen LogP contribution in [0.3, 0.4) is 0 Å². The van der Waals surface area contributed by atoms with E-state index in [1.807, 2.05) is 38.1 Å². The monoisotopic (exact) mass is 452 g/mol. The minimum absolute atomic E-state index is 0.181. The van der Waals surface area contributed by atoms with Gasteiger partial charge in [0, 0.05) is 21.4 Å². The fourth-order valence-electron chi connectivity index (χ4n) is 2.99. The van der Waals surface area contributed by atoms with Crippen LogP contribution in [0.15, 0.2) is 65.1 Å². The number of ether oxygens (including phenoxy) is 1. The van der Waals surface area contributed by atoms with Gasteiger partial charge in [0.05, 0.1) is 12.7 Å². The first kappa shape index (κ1) is 20.6. The zero-order valence-electron chi connectivity index (χ0n) is 16.4. The van der Waals surface area contributed by atoms with Crippen LogP contribution in [-0.2, 0) is 0 Å². The average Bonchev–Trinajstić information content (AvgIpc) is 2.69. The van der Waals surface area contributed by atoms with Crippen LogP contribution in [-0.4, -0.2) is 18.9 Å². The molecular weight excluding hydrogens is 432 g/mol. The summed E-state index contributed by atoms with van der Waals surface area (Å²) in [7, 11) is 1.54. The predicted octanol–water partition coefficient (Wildman–Crippen LogP) is 5.58. The van der Waals surface area contributed by atoms with Crippen LogP contribution in [0.4, 0.5) is 11.4 Å². The number of rotatable bonds is 5. The first-order valence-corrected chi connectivity index (χ1v) is 9.80. The van der Waals surface area contributed by atoms with Crippen molar-refractivity contribution in [1.82, 2.24) is 0 Å². The van der Waals surface area contributed by atoms with Crippen molar-refractivity contribution in [3.8, 4) is 5.75 Å². The number of benzene rings is 3. The molecule has 148 valence electrons. The Morgan fingerprint density at radius 2 is 1.48 bits per heavy atom. The summed E-state index contributed by atoms with van der Waals surface area (Å²) in [5.41, 5.74) is 4.18. The summed E-state index contributed by atoms with van der Waals surface area (Å²) in [6.07, 6.45) is 0. The number of nitrogens with one attached hydrogen (secondary N) is 2. The molecule has 2 N–H and O–H groups in total. The first-order valence-electron chi connectivity index (χ1n) is 9.01. The quantitative estimate of drug-likeness (QED) is 0.530. The maximum absolute atomic E-state index is 12.7. The number of amides is 2. The SMILES string of the molecule is COc1c(C)cc(Br)cc1C(=O)Nc1ccc(NC(=O)c2cccc(C)c2)cc1. The molecule has 0 bridgehead atoms. The maximum Gasteiger partial charge on any atom is 0.259 e. The van der Waals surface area contributed by atoms with Crippen LogP contribution in [0, 0.1) is 13.8 Å². The van der Waals surface area contributed by atoms with E-state index in [1.165, 1.54) is 0 Å². The van der Waals surface area contributed by atoms with E-state index < -0.39 is 0 Å². The lowest BCUT2D eigenvalue weighted by Gasteiger charge is -2.13. The molecule has 0 fully saturated rings. The number of halogens is 1. The van der Waals surface area contributed by atoms with Crippen molar-refractivity contribution in [1.29, 1.82) is 0 Å². The highest BCUT2D eigenvalue weighted by atomic mass is 79.9. The van der Waals surface area contributed by atoms with Gasteiger partial charge in [-0.15, -0.1) is 0 Å². The first-order chi connectivity index (χ1) is 13.9. The molecule has 3 aromatic carbocycles. The second-order valence-electron chi connectivity index (χ2n) is 6.66. The van der Waals surface area contributed by atoms with E-state index in [2.05, 4.69) is 26.6 Å². The van der Waals surface area contributed by atoms with Crippen LogP contribution < -0.4 is 15.4 Å². The average molecular weight is 453 g/mol. The Hall–Kier alpha value is -3.12. The molecule has 0 saturated carbocycles. The van der Waals surface area contributed by atoms with Crippen molar-refractivity contribution in [3.63, 3.8) is 0 Å². The summed E-state index contributed by atoms with van der Waals surface area (Å²) in [5.74, 6) is 0.0790. The van der Waals surface area contributed by atoms with Crippen molar-refractivity contribution in [2.75, 3.05) is 17.7 Å². The summed E-state index contributed by atoms with van der Waals surface area (Å²) in [6.45, 7) is 3.82. The molecule has 0 radical (unpaired) electrons. The van der Waals surface area contributed by atoms with Crippen molar-refractivity contribution >= 4 is 39.1 Å². The van der Waals surface area contributed by atoms with Gasteiger partial charge in [-0.3, -0.25) is 9.59 Å². The molecule has 0 atom stereocenters. The summed E-state index contributed by atoms with van der Waals surface area (Å²) >= 11 is 3.41. The van der Waals surface area contributed by atoms with Gasteiger partial charge in [-0.25, -0.2) is 0 Å². The molecular formula is C23H21BrN2O3. The standard InChI is InChI=1S/C23H21BrN2O3/c1-14-5-4-6-16(11-14)22(27)25-18-7-9-19(10-8-18)26-23(28)20-13-17(24)12-15(2)21(20)29-3/h4-13H,1-3H3,(H,25,27)(H,26,28). The van der Waals surface area contributed by atoms with Crippen LogP contribution in [0.2, 0.25) is 0 Å². The summed E-state index contributed by atoms with van der Waals surface area (Å²) in [4.78, 5) is 25.0. The lowest BCUT2D eigenvalue weighted by atomic mass is 10.1. The van der Waals surface area contributed by atoms with Gasteiger partial charge in [0.1, 0.15) is 5.75 Å². The predicted molar refractivity (Wildman–Crippen MR) is 119 cm³/mol. The summed E-state index contributed by atoms with van der Waals surface area (Å²) in [6, 6.07) is 18.0. The Morgan fingerprint density at radius 3 is 2.07 bits per heavy atom. The number of hydrogen-bond acceptors (Lipinski definition) is 3. The molecule has 3 aromatic rings. The van der Waals surface area contributed by atoms with E-state index in [0.29, 0.717) is 28.3 Å². The second-order valence-corrected chi connectivity index (χ2v) is 7.57. The third-order valence-corrected chi connectivity index (χ3v) is 4.83. The Bertz CT molecular complexity index is 1060. The largest absolute Gasteiger partial charge is 0.496 e. The highest BCUT2D eigenvalue weighted by Gasteiger charge is 2.16.